The number of amides is 1. The molecular formula is C18H23N3OS. The molecule has 5 heteroatoms. The fourth-order valence-electron chi connectivity index (χ4n) is 3.74. The minimum Gasteiger partial charge on any atom is -0.342 e. The van der Waals surface area contributed by atoms with Gasteiger partial charge in [0.25, 0.3) is 0 Å². The Balaban J connectivity index is 1.41. The van der Waals surface area contributed by atoms with Crippen molar-refractivity contribution in [2.24, 2.45) is 5.92 Å². The molecule has 2 aliphatic rings. The summed E-state index contributed by atoms with van der Waals surface area (Å²) in [6.45, 7) is 5.90. The summed E-state index contributed by atoms with van der Waals surface area (Å²) >= 11 is 1.84. The number of carbonyl (C=O) groups excluding carboxylic acids is 1. The van der Waals surface area contributed by atoms with E-state index in [1.165, 1.54) is 9.75 Å². The van der Waals surface area contributed by atoms with E-state index >= 15 is 0 Å². The van der Waals surface area contributed by atoms with Crippen molar-refractivity contribution in [1.29, 1.82) is 0 Å². The van der Waals surface area contributed by atoms with Gasteiger partial charge in [0.05, 0.1) is 5.69 Å². The Bertz CT molecular complexity index is 719. The first-order valence-electron chi connectivity index (χ1n) is 8.49. The second-order valence-corrected chi connectivity index (χ2v) is 8.32. The molecule has 122 valence electrons. The van der Waals surface area contributed by atoms with E-state index in [-0.39, 0.29) is 5.92 Å². The lowest BCUT2D eigenvalue weighted by Gasteiger charge is -2.32. The zero-order valence-corrected chi connectivity index (χ0v) is 14.5. The molecule has 3 atom stereocenters. The van der Waals surface area contributed by atoms with E-state index in [1.54, 1.807) is 0 Å². The van der Waals surface area contributed by atoms with Gasteiger partial charge in [0.1, 0.15) is 0 Å². The number of carbonyl (C=O) groups is 1. The van der Waals surface area contributed by atoms with Gasteiger partial charge in [-0.2, -0.15) is 5.10 Å². The minimum atomic E-state index is 0.215. The van der Waals surface area contributed by atoms with Crippen LogP contribution in [0, 0.1) is 19.8 Å². The third-order valence-corrected chi connectivity index (χ3v) is 6.24. The van der Waals surface area contributed by atoms with Crippen molar-refractivity contribution >= 4 is 17.2 Å². The first-order chi connectivity index (χ1) is 11.1. The van der Waals surface area contributed by atoms with Gasteiger partial charge < -0.3 is 4.90 Å². The molecular weight excluding hydrogens is 306 g/mol. The summed E-state index contributed by atoms with van der Waals surface area (Å²) in [5, 5.41) is 7.42. The van der Waals surface area contributed by atoms with Crippen LogP contribution in [0.4, 0.5) is 0 Å². The van der Waals surface area contributed by atoms with E-state index in [2.05, 4.69) is 40.2 Å². The molecule has 1 saturated heterocycles. The number of thiophene rings is 1. The van der Waals surface area contributed by atoms with Crippen LogP contribution in [-0.4, -0.2) is 34.1 Å². The molecule has 3 heterocycles. The van der Waals surface area contributed by atoms with E-state index < -0.39 is 0 Å². The molecule has 0 spiro atoms. The predicted molar refractivity (Wildman–Crippen MR) is 91.8 cm³/mol. The highest BCUT2D eigenvalue weighted by molar-refractivity contribution is 7.12. The second-order valence-electron chi connectivity index (χ2n) is 7.00. The van der Waals surface area contributed by atoms with Crippen LogP contribution < -0.4 is 0 Å². The first kappa shape index (κ1) is 14.9. The Morgan fingerprint density at radius 3 is 2.96 bits per heavy atom. The number of H-pyrrole nitrogens is 1. The average Bonchev–Trinajstić information content (AvgIpc) is 3.04. The summed E-state index contributed by atoms with van der Waals surface area (Å²) in [5.41, 5.74) is 2.21. The number of aromatic amines is 1. The second kappa shape index (κ2) is 5.78. The quantitative estimate of drug-likeness (QED) is 0.935. The SMILES string of the molecule is Cc1cc([C@@H]2CCCN(C(=O)[C@H]3C[C@H]3c3ccc(C)s3)C2)n[nH]1. The van der Waals surface area contributed by atoms with Crippen LogP contribution in [0.3, 0.4) is 0 Å². The Morgan fingerprint density at radius 2 is 2.26 bits per heavy atom. The molecule has 1 aliphatic heterocycles. The van der Waals surface area contributed by atoms with Gasteiger partial charge in [-0.15, -0.1) is 11.3 Å². The zero-order chi connectivity index (χ0) is 16.0. The molecule has 0 aromatic carbocycles. The van der Waals surface area contributed by atoms with E-state index in [4.69, 9.17) is 0 Å². The molecule has 2 fully saturated rings. The third-order valence-electron chi connectivity index (χ3n) is 5.11. The summed E-state index contributed by atoms with van der Waals surface area (Å²) in [6.07, 6.45) is 3.24. The third kappa shape index (κ3) is 2.94. The number of rotatable bonds is 3. The molecule has 4 nitrogen and oxygen atoms in total. The minimum absolute atomic E-state index is 0.215. The summed E-state index contributed by atoms with van der Waals surface area (Å²) in [5.74, 6) is 1.43. The van der Waals surface area contributed by atoms with Crippen molar-refractivity contribution in [3.8, 4) is 0 Å². The van der Waals surface area contributed by atoms with Crippen LogP contribution in [0.15, 0.2) is 18.2 Å². The van der Waals surface area contributed by atoms with Gasteiger partial charge in [-0.3, -0.25) is 9.89 Å². The van der Waals surface area contributed by atoms with Gasteiger partial charge in [-0.05, 0) is 51.3 Å². The number of hydrogen-bond donors (Lipinski definition) is 1. The summed E-state index contributed by atoms with van der Waals surface area (Å²) in [6, 6.07) is 6.48. The van der Waals surface area contributed by atoms with Crippen molar-refractivity contribution in [3.05, 3.63) is 39.3 Å². The van der Waals surface area contributed by atoms with Crippen molar-refractivity contribution in [3.63, 3.8) is 0 Å². The van der Waals surface area contributed by atoms with Gasteiger partial charge >= 0.3 is 0 Å². The smallest absolute Gasteiger partial charge is 0.226 e. The Morgan fingerprint density at radius 1 is 1.39 bits per heavy atom. The lowest BCUT2D eigenvalue weighted by molar-refractivity contribution is -0.133. The topological polar surface area (TPSA) is 49.0 Å². The van der Waals surface area contributed by atoms with E-state index in [0.29, 0.717) is 17.7 Å². The molecule has 2 aromatic heterocycles. The highest BCUT2D eigenvalue weighted by Crippen LogP contribution is 2.50. The van der Waals surface area contributed by atoms with Crippen LogP contribution >= 0.6 is 11.3 Å². The molecule has 1 aliphatic carbocycles. The van der Waals surface area contributed by atoms with Gasteiger partial charge in [0.15, 0.2) is 0 Å². The van der Waals surface area contributed by atoms with E-state index in [9.17, 15) is 4.79 Å². The molecule has 23 heavy (non-hydrogen) atoms. The van der Waals surface area contributed by atoms with Crippen LogP contribution in [0.25, 0.3) is 0 Å². The number of likely N-dealkylation sites (tertiary alicyclic amines) is 1. The summed E-state index contributed by atoms with van der Waals surface area (Å²) in [4.78, 5) is 17.6. The van der Waals surface area contributed by atoms with Crippen LogP contribution in [0.5, 0.6) is 0 Å². The Kier molecular flexibility index (Phi) is 3.76. The number of aromatic nitrogens is 2. The average molecular weight is 329 g/mol. The molecule has 0 radical (unpaired) electrons. The lowest BCUT2D eigenvalue weighted by Crippen LogP contribution is -2.40. The molecule has 2 aromatic rings. The predicted octanol–water partition coefficient (Wildman–Crippen LogP) is 3.60. The van der Waals surface area contributed by atoms with Gasteiger partial charge in [-0.1, -0.05) is 0 Å². The van der Waals surface area contributed by atoms with Crippen LogP contribution in [-0.2, 0) is 4.79 Å². The van der Waals surface area contributed by atoms with E-state index in [0.717, 1.165) is 43.7 Å². The number of aryl methyl sites for hydroxylation is 2. The summed E-state index contributed by atoms with van der Waals surface area (Å²) in [7, 11) is 0. The van der Waals surface area contributed by atoms with Crippen molar-refractivity contribution in [2.75, 3.05) is 13.1 Å². The van der Waals surface area contributed by atoms with Crippen molar-refractivity contribution < 1.29 is 4.79 Å². The van der Waals surface area contributed by atoms with Gasteiger partial charge in [-0.25, -0.2) is 0 Å². The van der Waals surface area contributed by atoms with Crippen molar-refractivity contribution in [2.45, 2.75) is 44.9 Å². The van der Waals surface area contributed by atoms with E-state index in [1.807, 2.05) is 18.3 Å². The first-order valence-corrected chi connectivity index (χ1v) is 9.30. The highest BCUT2D eigenvalue weighted by atomic mass is 32.1. The Labute approximate surface area is 140 Å². The molecule has 4 rings (SSSR count). The van der Waals surface area contributed by atoms with Gasteiger partial charge in [0.2, 0.25) is 5.91 Å². The largest absolute Gasteiger partial charge is 0.342 e. The van der Waals surface area contributed by atoms with Crippen LogP contribution in [0.2, 0.25) is 0 Å². The van der Waals surface area contributed by atoms with Crippen molar-refractivity contribution in [1.82, 2.24) is 15.1 Å². The molecule has 1 amide bonds. The van der Waals surface area contributed by atoms with Gasteiger partial charge in [0, 0.05) is 46.3 Å². The zero-order valence-electron chi connectivity index (χ0n) is 13.7. The number of hydrogen-bond acceptors (Lipinski definition) is 3. The molecule has 1 saturated carbocycles. The number of nitrogens with zero attached hydrogens (tertiary/aromatic N) is 2. The maximum absolute atomic E-state index is 12.8. The fraction of sp³-hybridized carbons (Fsp3) is 0.556. The maximum Gasteiger partial charge on any atom is 0.226 e. The Hall–Kier alpha value is -1.62. The molecule has 1 N–H and O–H groups in total. The fourth-order valence-corrected chi connectivity index (χ4v) is 4.79. The lowest BCUT2D eigenvalue weighted by atomic mass is 9.94. The monoisotopic (exact) mass is 329 g/mol. The standard InChI is InChI=1S/C18H23N3OS/c1-11-8-16(20-19-11)13-4-3-7-21(10-13)18(22)15-9-14(15)17-6-5-12(2)23-17/h5-6,8,13-15H,3-4,7,9-10H2,1-2H3,(H,19,20)/t13-,14-,15+/m1/s1. The highest BCUT2D eigenvalue weighted by Gasteiger charge is 2.47. The number of piperidine rings is 1. The maximum atomic E-state index is 12.8. The molecule has 0 unspecified atom stereocenters. The van der Waals surface area contributed by atoms with Crippen LogP contribution in [0.1, 0.15) is 52.2 Å². The summed E-state index contributed by atoms with van der Waals surface area (Å²) < 4.78 is 0. The number of nitrogens with one attached hydrogen (secondary N) is 1. The normalized spacial score (nSPS) is 27.2. The molecule has 0 bridgehead atoms.